The molecule has 1 aromatic carbocycles. The Labute approximate surface area is 658 Å². The summed E-state index contributed by atoms with van der Waals surface area (Å²) in [4.78, 5) is 99.6. The molecule has 1 aliphatic carbocycles. The average Bonchev–Trinajstić information content (AvgIpc) is 1.61. The first-order valence-electron chi connectivity index (χ1n) is 40.0. The van der Waals surface area contributed by atoms with Crippen LogP contribution in [0.15, 0.2) is 82.7 Å². The number of benzene rings is 1. The van der Waals surface area contributed by atoms with Gasteiger partial charge in [0.05, 0.1) is 67.0 Å². The van der Waals surface area contributed by atoms with Gasteiger partial charge in [-0.15, -0.1) is 5.10 Å². The van der Waals surface area contributed by atoms with Gasteiger partial charge in [-0.05, 0) is 179 Å². The van der Waals surface area contributed by atoms with Crippen molar-refractivity contribution in [3.8, 4) is 11.3 Å². The first-order chi connectivity index (χ1) is 53.3. The molecule has 15 atom stereocenters. The van der Waals surface area contributed by atoms with E-state index in [1.165, 1.54) is 18.3 Å². The predicted molar refractivity (Wildman–Crippen MR) is 421 cm³/mol. The number of anilines is 2. The monoisotopic (exact) mass is 1560 g/mol. The summed E-state index contributed by atoms with van der Waals surface area (Å²) >= 11 is 0. The van der Waals surface area contributed by atoms with Crippen LogP contribution in [0.5, 0.6) is 0 Å². The number of ether oxygens (including phenoxy) is 8. The third kappa shape index (κ3) is 23.2. The fraction of sp³-hybridized carbons (Fsp3) is 0.663. The number of nitrogens with one attached hydrogen (secondary N) is 1. The molecule has 3 aliphatic heterocycles. The number of unbranched alkanes of at least 4 members (excludes halogenated alkanes) is 1. The second kappa shape index (κ2) is 40.3. The summed E-state index contributed by atoms with van der Waals surface area (Å²) in [5.74, 6) is -8.07. The number of amides is 2. The van der Waals surface area contributed by atoms with Gasteiger partial charge in [0.2, 0.25) is 11.7 Å². The van der Waals surface area contributed by atoms with Gasteiger partial charge in [0.1, 0.15) is 59.2 Å². The van der Waals surface area contributed by atoms with Crippen molar-refractivity contribution in [2.24, 2.45) is 35.5 Å². The summed E-state index contributed by atoms with van der Waals surface area (Å²) < 4.78 is 58.2. The first-order valence-corrected chi connectivity index (χ1v) is 40.0. The van der Waals surface area contributed by atoms with Gasteiger partial charge < -0.3 is 74.2 Å². The number of cyclic esters (lactones) is 1. The van der Waals surface area contributed by atoms with Crippen molar-refractivity contribution in [2.75, 3.05) is 65.7 Å². The van der Waals surface area contributed by atoms with Crippen LogP contribution in [0.4, 0.5) is 11.8 Å². The molecule has 2 bridgehead atoms. The highest BCUT2D eigenvalue weighted by molar-refractivity contribution is 6.39. The number of esters is 1. The lowest BCUT2D eigenvalue weighted by Gasteiger charge is -2.42. The van der Waals surface area contributed by atoms with Crippen molar-refractivity contribution < 1.29 is 81.3 Å². The van der Waals surface area contributed by atoms with Crippen molar-refractivity contribution in [2.45, 2.75) is 264 Å². The number of Topliss-reactive ketones (excluding diaryl/α,β-unsaturated/α-hetero) is 3. The number of allylic oxidation sites excluding steroid dienone is 6. The van der Waals surface area contributed by atoms with Gasteiger partial charge >= 0.3 is 5.97 Å². The summed E-state index contributed by atoms with van der Waals surface area (Å²) in [6, 6.07) is 4.39. The average molecular weight is 1560 g/mol. The third-order valence-corrected chi connectivity index (χ3v) is 22.9. The van der Waals surface area contributed by atoms with E-state index in [1.807, 2.05) is 99.6 Å². The van der Waals surface area contributed by atoms with E-state index in [9.17, 15) is 39.0 Å². The summed E-state index contributed by atoms with van der Waals surface area (Å²) in [6.45, 7) is 23.1. The maximum Gasteiger partial charge on any atom is 0.329 e. The van der Waals surface area contributed by atoms with Gasteiger partial charge in [0.15, 0.2) is 17.0 Å². The molecule has 3 fully saturated rings. The fourth-order valence-corrected chi connectivity index (χ4v) is 15.7. The number of aliphatic hydroxyl groups is 2. The minimum Gasteiger partial charge on any atom is -0.460 e. The summed E-state index contributed by atoms with van der Waals surface area (Å²) in [5.41, 5.74) is 16.2. The smallest absolute Gasteiger partial charge is 0.329 e. The summed E-state index contributed by atoms with van der Waals surface area (Å²) in [5, 5.41) is 41.2. The Kier molecular flexibility index (Phi) is 31.7. The normalized spacial score (nSPS) is 28.1. The number of piperidine rings is 1. The van der Waals surface area contributed by atoms with E-state index >= 15 is 0 Å². The molecule has 1 saturated carbocycles. The van der Waals surface area contributed by atoms with Crippen molar-refractivity contribution in [3.05, 3.63) is 84.0 Å². The van der Waals surface area contributed by atoms with E-state index in [2.05, 4.69) is 44.4 Å². The number of oxazole rings is 1. The molecule has 0 radical (unpaired) electrons. The molecule has 4 aromatic heterocycles. The van der Waals surface area contributed by atoms with E-state index < -0.39 is 94.8 Å². The summed E-state index contributed by atoms with van der Waals surface area (Å²) in [6.07, 6.45) is 17.5. The number of carbonyl (C=O) groups excluding carboxylic acids is 6. The van der Waals surface area contributed by atoms with Gasteiger partial charge in [-0.1, -0.05) is 76.3 Å². The maximum absolute atomic E-state index is 14.8. The molecule has 0 spiro atoms. The summed E-state index contributed by atoms with van der Waals surface area (Å²) in [7, 11) is 4.61. The third-order valence-electron chi connectivity index (χ3n) is 22.9. The Morgan fingerprint density at radius 1 is 0.866 bits per heavy atom. The highest BCUT2D eigenvalue weighted by Crippen LogP contribution is 2.40. The van der Waals surface area contributed by atoms with Crippen molar-refractivity contribution in [1.82, 2.24) is 49.9 Å². The molecule has 616 valence electrons. The molecule has 9 rings (SSSR count). The topological polar surface area (TPSA) is 384 Å². The van der Waals surface area contributed by atoms with Crippen LogP contribution in [-0.4, -0.2) is 204 Å². The first kappa shape index (κ1) is 88.0. The molecule has 29 heteroatoms. The van der Waals surface area contributed by atoms with Gasteiger partial charge in [-0.3, -0.25) is 24.0 Å². The van der Waals surface area contributed by atoms with Gasteiger partial charge in [0.25, 0.3) is 17.7 Å². The molecule has 112 heavy (non-hydrogen) atoms. The number of fused-ring (bicyclic) bond motifs is 5. The fourth-order valence-electron chi connectivity index (χ4n) is 15.7. The number of nitrogens with zero attached hydrogens (tertiary/aromatic N) is 9. The number of hydrogen-bond acceptors (Lipinski definition) is 25. The molecule has 7 heterocycles. The van der Waals surface area contributed by atoms with E-state index in [1.54, 1.807) is 47.1 Å². The molecule has 7 N–H and O–H groups in total. The largest absolute Gasteiger partial charge is 0.460 e. The van der Waals surface area contributed by atoms with Crippen LogP contribution in [0, 0.1) is 35.5 Å². The van der Waals surface area contributed by atoms with Crippen molar-refractivity contribution >= 4 is 69.1 Å². The lowest BCUT2D eigenvalue weighted by molar-refractivity contribution is -0.265. The minimum atomic E-state index is -2.47. The Morgan fingerprint density at radius 3 is 2.41 bits per heavy atom. The number of nitrogen functional groups attached to an aromatic ring is 2. The van der Waals surface area contributed by atoms with Crippen LogP contribution in [0.2, 0.25) is 0 Å². The van der Waals surface area contributed by atoms with Crippen LogP contribution >= 0.6 is 0 Å². The number of aliphatic hydroxyl groups excluding tert-OH is 1. The molecule has 2 saturated heterocycles. The van der Waals surface area contributed by atoms with E-state index in [-0.39, 0.29) is 80.1 Å². The SMILES string of the molecule is CO[C@H]1C[C@@H]2CC[C@@H](C)[C@@](O)(O2)C(=O)C(=O)N2CCCC[C@H]2C(=O)O[C@H]([C@H](C)C[C@@H]2CC[C@@H](OCCOCc3cn(C(C)(C)CCOC(C)(C)CCC(=O)NCCCCn4nc(-c5ccc6oc(N)nc6c5)c5c(N)ncnc54)nn3)[C@H](OC)C2)CC(=O)[C@H](C)/C=C(\C)[C@@H](O)[C@@H](OC)C(=O)[C@H](C)C[C@H](C)/C=C/C=CC=C1C. The van der Waals surface area contributed by atoms with Gasteiger partial charge in [-0.2, -0.15) is 10.1 Å². The molecule has 0 unspecified atom stereocenters. The van der Waals surface area contributed by atoms with Crippen LogP contribution in [-0.2, 0) is 85.4 Å². The Balaban J connectivity index is 0.742. The molecule has 2 amide bonds. The number of aryl methyl sites for hydroxylation is 1. The number of methoxy groups -OCH3 is 3. The molecule has 5 aromatic rings. The quantitative estimate of drug-likeness (QED) is 0.0149. The van der Waals surface area contributed by atoms with Crippen molar-refractivity contribution in [3.63, 3.8) is 0 Å². The molecule has 29 nitrogen and oxygen atoms in total. The van der Waals surface area contributed by atoms with Gasteiger partial charge in [-0.25, -0.2) is 24.1 Å². The van der Waals surface area contributed by atoms with Crippen LogP contribution < -0.4 is 16.8 Å². The van der Waals surface area contributed by atoms with Crippen molar-refractivity contribution in [1.29, 1.82) is 0 Å². The number of hydrogen-bond donors (Lipinski definition) is 5. The highest BCUT2D eigenvalue weighted by Gasteiger charge is 2.53. The van der Waals surface area contributed by atoms with Gasteiger partial charge in [0, 0.05) is 90.2 Å². The minimum absolute atomic E-state index is 0.00970. The number of rotatable bonds is 26. The van der Waals surface area contributed by atoms with E-state index in [4.69, 9.17) is 58.9 Å². The molecule has 4 aliphatic rings. The second-order valence-corrected chi connectivity index (χ2v) is 32.6. The van der Waals surface area contributed by atoms with Crippen LogP contribution in [0.25, 0.3) is 33.4 Å². The molecular weight excluding hydrogens is 1440 g/mol. The number of carbonyl (C=O) groups is 6. The lowest BCUT2D eigenvalue weighted by atomic mass is 9.78. The maximum atomic E-state index is 14.8. The Morgan fingerprint density at radius 2 is 1.65 bits per heavy atom. The number of aromatic nitrogens is 8. The zero-order chi connectivity index (χ0) is 81.2. The van der Waals surface area contributed by atoms with E-state index in [0.717, 1.165) is 30.4 Å². The number of nitrogens with two attached hydrogens (primary N) is 2. The lowest BCUT2D eigenvalue weighted by Crippen LogP contribution is -2.61. The van der Waals surface area contributed by atoms with Crippen LogP contribution in [0.3, 0.4) is 0 Å². The van der Waals surface area contributed by atoms with Crippen LogP contribution in [0.1, 0.15) is 191 Å². The second-order valence-electron chi connectivity index (χ2n) is 32.6. The Bertz CT molecular complexity index is 4120. The van der Waals surface area contributed by atoms with E-state index in [0.29, 0.717) is 148 Å². The standard InChI is InChI=1S/C83H122N12O17/c1-50-22-16-15-17-23-51(2)66(104-12)45-60-28-25-56(7)83(103,112-60)75(100)78(101)93-35-20-18-24-62(93)79(102)110-67(46-63(96)52(3)41-55(6)73(99)74(106-14)72(98)54(5)40-50)53(4)42-57-26-29-65(68(43-57)105-13)108-39-38-107-48-59-47-95(92-90-59)81(8,9)33-37-109-82(10,11)32-31-69(97)86-34-19-21-36-94-77-70(76(84)87-49-88-77)71(91-94)58-27-30-64-61(44-58)89-80(85)111-64/h15-17,22-23,27,30,41,44,47,49-50,52-54,56-57,60,62,65-68,73-74,99,103H,18-21,24-26,28-29,31-40,42-43,45-46,48H2,1-14H3,(H2,85,89)(H,86,97)(H2,84,87,88)/b17-15?,22-16+,51-23?,55-41+/t50-,52-,53-,54-,56-,57+,60+,62+,65-,66+,67+,68-,73-,74+,83-/m1/s1. The zero-order valence-electron chi connectivity index (χ0n) is 68.1. The predicted octanol–water partition coefficient (Wildman–Crippen LogP) is 10.4. The highest BCUT2D eigenvalue weighted by atomic mass is 16.6. The molecular formula is C83H122N12O17. The zero-order valence-corrected chi connectivity index (χ0v) is 68.1. The Hall–Kier alpha value is -8.00. The number of ketones is 3.